The van der Waals surface area contributed by atoms with E-state index in [0.717, 1.165) is 23.1 Å². The smallest absolute Gasteiger partial charge is 0.120 e. The largest absolute Gasteiger partial charge is 0.490 e. The molecule has 0 saturated heterocycles. The van der Waals surface area contributed by atoms with Gasteiger partial charge < -0.3 is 4.74 Å². The molecule has 0 bridgehead atoms. The van der Waals surface area contributed by atoms with Crippen LogP contribution in [0.15, 0.2) is 40.9 Å². The first-order valence-electron chi connectivity index (χ1n) is 5.71. The van der Waals surface area contributed by atoms with Crippen molar-refractivity contribution in [2.45, 2.75) is 24.3 Å². The molecule has 3 heteroatoms. The molecule has 2 aromatic carbocycles. The van der Waals surface area contributed by atoms with Gasteiger partial charge >= 0.3 is 0 Å². The third kappa shape index (κ3) is 2.43. The molecular formula is C14H12BrClO. The zero-order valence-corrected chi connectivity index (χ0v) is 11.5. The fourth-order valence-corrected chi connectivity index (χ4v) is 2.83. The molecule has 1 saturated carbocycles. The van der Waals surface area contributed by atoms with E-state index in [1.165, 1.54) is 10.8 Å². The van der Waals surface area contributed by atoms with Crippen molar-refractivity contribution < 1.29 is 4.74 Å². The van der Waals surface area contributed by atoms with Crippen LogP contribution < -0.4 is 4.74 Å². The molecule has 88 valence electrons. The third-order valence-corrected chi connectivity index (χ3v) is 3.96. The summed E-state index contributed by atoms with van der Waals surface area (Å²) in [5, 5.41) is 2.72. The average molecular weight is 312 g/mol. The number of ether oxygens (including phenoxy) is 1. The van der Waals surface area contributed by atoms with Gasteiger partial charge in [0.15, 0.2) is 0 Å². The Labute approximate surface area is 114 Å². The molecule has 2 aromatic rings. The van der Waals surface area contributed by atoms with Crippen LogP contribution in [0, 0.1) is 0 Å². The third-order valence-electron chi connectivity index (χ3n) is 3.11. The fraction of sp³-hybridized carbons (Fsp3) is 0.286. The molecule has 3 rings (SSSR count). The lowest BCUT2D eigenvalue weighted by molar-refractivity contribution is 0.124. The highest BCUT2D eigenvalue weighted by molar-refractivity contribution is 9.10. The summed E-state index contributed by atoms with van der Waals surface area (Å²) in [5.74, 6) is 0.938. The van der Waals surface area contributed by atoms with Gasteiger partial charge in [0.2, 0.25) is 0 Å². The first-order chi connectivity index (χ1) is 8.20. The minimum atomic E-state index is 0.297. The second kappa shape index (κ2) is 4.51. The van der Waals surface area contributed by atoms with E-state index in [1.54, 1.807) is 0 Å². The fourth-order valence-electron chi connectivity index (χ4n) is 2.06. The Morgan fingerprint density at radius 3 is 2.53 bits per heavy atom. The summed E-state index contributed by atoms with van der Waals surface area (Å²) in [5.41, 5.74) is 0. The van der Waals surface area contributed by atoms with Gasteiger partial charge in [-0.1, -0.05) is 28.1 Å². The monoisotopic (exact) mass is 310 g/mol. The molecule has 0 aliphatic heterocycles. The van der Waals surface area contributed by atoms with Gasteiger partial charge in [-0.3, -0.25) is 0 Å². The molecule has 1 aliphatic carbocycles. The number of hydrogen-bond donors (Lipinski definition) is 0. The second-order valence-corrected chi connectivity index (χ2v) is 5.99. The van der Waals surface area contributed by atoms with E-state index in [0.29, 0.717) is 11.5 Å². The minimum absolute atomic E-state index is 0.297. The Kier molecular flexibility index (Phi) is 3.01. The van der Waals surface area contributed by atoms with E-state index in [-0.39, 0.29) is 0 Å². The highest BCUT2D eigenvalue weighted by Crippen LogP contribution is 2.31. The molecular weight excluding hydrogens is 300 g/mol. The van der Waals surface area contributed by atoms with E-state index in [1.807, 2.05) is 12.1 Å². The van der Waals surface area contributed by atoms with Crippen molar-refractivity contribution >= 4 is 38.3 Å². The summed E-state index contributed by atoms with van der Waals surface area (Å²) in [7, 11) is 0. The van der Waals surface area contributed by atoms with Gasteiger partial charge in [-0.25, -0.2) is 0 Å². The van der Waals surface area contributed by atoms with Crippen LogP contribution >= 0.6 is 27.5 Å². The van der Waals surface area contributed by atoms with Crippen LogP contribution in [0.3, 0.4) is 0 Å². The van der Waals surface area contributed by atoms with Gasteiger partial charge in [0.05, 0.1) is 0 Å². The van der Waals surface area contributed by atoms with Crippen molar-refractivity contribution in [3.63, 3.8) is 0 Å². The Hall–Kier alpha value is -0.730. The van der Waals surface area contributed by atoms with Crippen molar-refractivity contribution in [3.05, 3.63) is 40.9 Å². The maximum absolute atomic E-state index is 5.94. The minimum Gasteiger partial charge on any atom is -0.490 e. The predicted molar refractivity (Wildman–Crippen MR) is 74.9 cm³/mol. The normalized spacial score (nSPS) is 23.4. The molecule has 1 nitrogen and oxygen atoms in total. The number of rotatable bonds is 2. The van der Waals surface area contributed by atoms with Crippen LogP contribution in [0.2, 0.25) is 0 Å². The summed E-state index contributed by atoms with van der Waals surface area (Å²) in [6.07, 6.45) is 2.21. The topological polar surface area (TPSA) is 9.23 Å². The van der Waals surface area contributed by atoms with E-state index in [9.17, 15) is 0 Å². The molecule has 1 aliphatic rings. The Morgan fingerprint density at radius 2 is 1.76 bits per heavy atom. The summed E-state index contributed by atoms with van der Waals surface area (Å²) >= 11 is 9.41. The standard InChI is InChI=1S/C14H12BrClO/c15-11-3-1-10-6-13(4-2-9(10)5-11)17-14-7-12(16)8-14/h1-6,12,14H,7-8H2. The summed E-state index contributed by atoms with van der Waals surface area (Å²) in [4.78, 5) is 0. The van der Waals surface area contributed by atoms with Crippen molar-refractivity contribution in [2.24, 2.45) is 0 Å². The SMILES string of the molecule is ClC1CC(Oc2ccc3cc(Br)ccc3c2)C1. The van der Waals surface area contributed by atoms with Gasteiger partial charge in [-0.15, -0.1) is 11.6 Å². The molecule has 0 heterocycles. The lowest BCUT2D eigenvalue weighted by Gasteiger charge is -2.31. The van der Waals surface area contributed by atoms with Gasteiger partial charge in [0.1, 0.15) is 11.9 Å². The average Bonchev–Trinajstić information content (AvgIpc) is 2.27. The zero-order valence-electron chi connectivity index (χ0n) is 9.20. The quantitative estimate of drug-likeness (QED) is 0.727. The summed E-state index contributed by atoms with van der Waals surface area (Å²) < 4.78 is 6.96. The van der Waals surface area contributed by atoms with Crippen LogP contribution in [0.1, 0.15) is 12.8 Å². The Bertz CT molecular complexity index is 549. The second-order valence-electron chi connectivity index (χ2n) is 4.46. The maximum atomic E-state index is 5.94. The summed E-state index contributed by atoms with van der Waals surface area (Å²) in [6, 6.07) is 12.4. The van der Waals surface area contributed by atoms with Crippen LogP contribution in [0.5, 0.6) is 5.75 Å². The van der Waals surface area contributed by atoms with Crippen molar-refractivity contribution in [1.82, 2.24) is 0 Å². The first-order valence-corrected chi connectivity index (χ1v) is 6.94. The molecule has 0 unspecified atom stereocenters. The molecule has 0 atom stereocenters. The molecule has 0 N–H and O–H groups in total. The van der Waals surface area contributed by atoms with Gasteiger partial charge in [0.25, 0.3) is 0 Å². The highest BCUT2D eigenvalue weighted by atomic mass is 79.9. The number of fused-ring (bicyclic) bond motifs is 1. The molecule has 0 amide bonds. The molecule has 0 aromatic heterocycles. The number of hydrogen-bond acceptors (Lipinski definition) is 1. The maximum Gasteiger partial charge on any atom is 0.120 e. The number of benzene rings is 2. The van der Waals surface area contributed by atoms with Crippen molar-refractivity contribution in [1.29, 1.82) is 0 Å². The van der Waals surface area contributed by atoms with Crippen LogP contribution in [0.4, 0.5) is 0 Å². The van der Waals surface area contributed by atoms with Crippen molar-refractivity contribution in [2.75, 3.05) is 0 Å². The van der Waals surface area contributed by atoms with Gasteiger partial charge in [-0.2, -0.15) is 0 Å². The Morgan fingerprint density at radius 1 is 1.06 bits per heavy atom. The van der Waals surface area contributed by atoms with Crippen LogP contribution in [0.25, 0.3) is 10.8 Å². The summed E-state index contributed by atoms with van der Waals surface area (Å²) in [6.45, 7) is 0. The molecule has 1 fully saturated rings. The zero-order chi connectivity index (χ0) is 11.8. The van der Waals surface area contributed by atoms with Gasteiger partial charge in [-0.05, 0) is 35.0 Å². The van der Waals surface area contributed by atoms with Crippen LogP contribution in [-0.4, -0.2) is 11.5 Å². The predicted octanol–water partition coefficient (Wildman–Crippen LogP) is 4.75. The van der Waals surface area contributed by atoms with Crippen LogP contribution in [-0.2, 0) is 0 Å². The number of alkyl halides is 1. The van der Waals surface area contributed by atoms with Gasteiger partial charge in [0, 0.05) is 22.7 Å². The first kappa shape index (κ1) is 11.4. The lowest BCUT2D eigenvalue weighted by Crippen LogP contribution is -2.34. The molecule has 0 radical (unpaired) electrons. The Balaban J connectivity index is 1.84. The van der Waals surface area contributed by atoms with Crippen molar-refractivity contribution in [3.8, 4) is 5.75 Å². The van der Waals surface area contributed by atoms with E-state index in [4.69, 9.17) is 16.3 Å². The van der Waals surface area contributed by atoms with E-state index >= 15 is 0 Å². The van der Waals surface area contributed by atoms with E-state index in [2.05, 4.69) is 40.2 Å². The molecule has 0 spiro atoms. The number of halogens is 2. The van der Waals surface area contributed by atoms with E-state index < -0.39 is 0 Å². The lowest BCUT2D eigenvalue weighted by atomic mass is 9.95. The molecule has 17 heavy (non-hydrogen) atoms. The highest BCUT2D eigenvalue weighted by Gasteiger charge is 2.28.